The van der Waals surface area contributed by atoms with Crippen LogP contribution in [0.2, 0.25) is 10.0 Å². The Morgan fingerprint density at radius 1 is 1.22 bits per heavy atom. The summed E-state index contributed by atoms with van der Waals surface area (Å²) >= 11 is 12.0. The maximum atomic E-state index is 11.8. The third kappa shape index (κ3) is 4.48. The van der Waals surface area contributed by atoms with Gasteiger partial charge in [-0.2, -0.15) is 0 Å². The molecule has 0 aromatic heterocycles. The van der Waals surface area contributed by atoms with Crippen molar-refractivity contribution in [1.82, 2.24) is 4.90 Å². The van der Waals surface area contributed by atoms with Crippen LogP contribution in [0.5, 0.6) is 0 Å². The van der Waals surface area contributed by atoms with Gasteiger partial charge in [0.05, 0.1) is 15.7 Å². The second-order valence-electron chi connectivity index (χ2n) is 3.92. The van der Waals surface area contributed by atoms with Crippen molar-refractivity contribution in [3.05, 3.63) is 28.2 Å². The lowest BCUT2D eigenvalue weighted by Crippen LogP contribution is -2.27. The lowest BCUT2D eigenvalue weighted by molar-refractivity contribution is -0.116. The fraction of sp³-hybridized carbons (Fsp3) is 0.462. The van der Waals surface area contributed by atoms with Crippen LogP contribution < -0.4 is 5.32 Å². The van der Waals surface area contributed by atoms with Crippen LogP contribution in [0.25, 0.3) is 0 Å². The zero-order valence-electron chi connectivity index (χ0n) is 10.7. The molecule has 100 valence electrons. The molecule has 0 fully saturated rings. The summed E-state index contributed by atoms with van der Waals surface area (Å²) in [6.45, 7) is 6.77. The third-order valence-corrected chi connectivity index (χ3v) is 3.41. The summed E-state index contributed by atoms with van der Waals surface area (Å²) in [5.74, 6) is -0.0723. The molecule has 0 aliphatic rings. The van der Waals surface area contributed by atoms with Gasteiger partial charge in [0.2, 0.25) is 5.91 Å². The summed E-state index contributed by atoms with van der Waals surface area (Å²) in [5, 5.41) is 3.67. The molecule has 5 heteroatoms. The van der Waals surface area contributed by atoms with Crippen LogP contribution in [0.4, 0.5) is 5.69 Å². The molecule has 0 bridgehead atoms. The highest BCUT2D eigenvalue weighted by atomic mass is 35.5. The molecule has 0 atom stereocenters. The first-order chi connectivity index (χ1) is 8.58. The Morgan fingerprint density at radius 2 is 1.78 bits per heavy atom. The quantitative estimate of drug-likeness (QED) is 0.866. The van der Waals surface area contributed by atoms with Gasteiger partial charge in [0.15, 0.2) is 0 Å². The molecule has 3 nitrogen and oxygen atoms in total. The predicted octanol–water partition coefficient (Wildman–Crippen LogP) is 3.66. The van der Waals surface area contributed by atoms with Crippen LogP contribution in [0.15, 0.2) is 18.2 Å². The smallest absolute Gasteiger partial charge is 0.225 e. The molecular formula is C13H18Cl2N2O. The van der Waals surface area contributed by atoms with E-state index < -0.39 is 0 Å². The van der Waals surface area contributed by atoms with Crippen LogP contribution in [0, 0.1) is 0 Å². The third-order valence-electron chi connectivity index (χ3n) is 2.78. The van der Waals surface area contributed by atoms with Gasteiger partial charge in [0, 0.05) is 13.0 Å². The van der Waals surface area contributed by atoms with Gasteiger partial charge in [-0.3, -0.25) is 4.79 Å². The highest BCUT2D eigenvalue weighted by Gasteiger charge is 2.10. The molecule has 0 heterocycles. The van der Waals surface area contributed by atoms with Crippen LogP contribution >= 0.6 is 23.2 Å². The van der Waals surface area contributed by atoms with E-state index in [2.05, 4.69) is 24.1 Å². The Balaban J connectivity index is 2.55. The first-order valence-corrected chi connectivity index (χ1v) is 6.80. The first-order valence-electron chi connectivity index (χ1n) is 6.04. The standard InChI is InChI=1S/C13H18Cl2N2O/c1-3-17(4-2)9-8-12(18)16-13-10(14)6-5-7-11(13)15/h5-7H,3-4,8-9H2,1-2H3,(H,16,18). The molecule has 0 aliphatic carbocycles. The molecule has 1 N–H and O–H groups in total. The maximum absolute atomic E-state index is 11.8. The van der Waals surface area contributed by atoms with Gasteiger partial charge in [-0.05, 0) is 25.2 Å². The van der Waals surface area contributed by atoms with E-state index in [1.54, 1.807) is 18.2 Å². The maximum Gasteiger partial charge on any atom is 0.225 e. The van der Waals surface area contributed by atoms with Gasteiger partial charge >= 0.3 is 0 Å². The van der Waals surface area contributed by atoms with Crippen molar-refractivity contribution in [1.29, 1.82) is 0 Å². The lowest BCUT2D eigenvalue weighted by atomic mass is 10.3. The predicted molar refractivity (Wildman–Crippen MR) is 77.5 cm³/mol. The summed E-state index contributed by atoms with van der Waals surface area (Å²) in [6, 6.07) is 5.15. The van der Waals surface area contributed by atoms with E-state index >= 15 is 0 Å². The highest BCUT2D eigenvalue weighted by molar-refractivity contribution is 6.39. The van der Waals surface area contributed by atoms with E-state index in [-0.39, 0.29) is 5.91 Å². The summed E-state index contributed by atoms with van der Waals surface area (Å²) in [5.41, 5.74) is 0.491. The molecule has 18 heavy (non-hydrogen) atoms. The fourth-order valence-electron chi connectivity index (χ4n) is 1.62. The van der Waals surface area contributed by atoms with Crippen molar-refractivity contribution < 1.29 is 4.79 Å². The molecule has 0 unspecified atom stereocenters. The Kier molecular flexibility index (Phi) is 6.47. The lowest BCUT2D eigenvalue weighted by Gasteiger charge is -2.17. The molecule has 1 aromatic carbocycles. The number of benzene rings is 1. The SMILES string of the molecule is CCN(CC)CCC(=O)Nc1c(Cl)cccc1Cl. The second-order valence-corrected chi connectivity index (χ2v) is 4.74. The molecular weight excluding hydrogens is 271 g/mol. The van der Waals surface area contributed by atoms with Crippen molar-refractivity contribution in [3.63, 3.8) is 0 Å². The Hall–Kier alpha value is -0.770. The number of halogens is 2. The number of hydrogen-bond acceptors (Lipinski definition) is 2. The van der Waals surface area contributed by atoms with Gasteiger partial charge in [-0.25, -0.2) is 0 Å². The van der Waals surface area contributed by atoms with Crippen LogP contribution in [0.3, 0.4) is 0 Å². The summed E-state index contributed by atoms with van der Waals surface area (Å²) in [4.78, 5) is 14.0. The highest BCUT2D eigenvalue weighted by Crippen LogP contribution is 2.29. The molecule has 0 radical (unpaired) electrons. The molecule has 1 amide bonds. The van der Waals surface area contributed by atoms with Crippen LogP contribution in [-0.4, -0.2) is 30.4 Å². The van der Waals surface area contributed by atoms with Crippen LogP contribution in [0.1, 0.15) is 20.3 Å². The van der Waals surface area contributed by atoms with Gasteiger partial charge in [-0.15, -0.1) is 0 Å². The van der Waals surface area contributed by atoms with Crippen molar-refractivity contribution in [2.24, 2.45) is 0 Å². The molecule has 1 aromatic rings. The van der Waals surface area contributed by atoms with E-state index in [4.69, 9.17) is 23.2 Å². The van der Waals surface area contributed by atoms with Gasteiger partial charge in [0.1, 0.15) is 0 Å². The largest absolute Gasteiger partial charge is 0.324 e. The Bertz CT molecular complexity index is 386. The second kappa shape index (κ2) is 7.62. The summed E-state index contributed by atoms with van der Waals surface area (Å²) in [7, 11) is 0. The molecule has 1 rings (SSSR count). The van der Waals surface area contributed by atoms with Gasteiger partial charge in [-0.1, -0.05) is 43.1 Å². The van der Waals surface area contributed by atoms with Crippen molar-refractivity contribution in [2.75, 3.05) is 25.0 Å². The van der Waals surface area contributed by atoms with E-state index in [0.29, 0.717) is 22.2 Å². The van der Waals surface area contributed by atoms with Crippen molar-refractivity contribution in [3.8, 4) is 0 Å². The van der Waals surface area contributed by atoms with Crippen LogP contribution in [-0.2, 0) is 4.79 Å². The number of rotatable bonds is 6. The average molecular weight is 289 g/mol. The Morgan fingerprint density at radius 3 is 2.28 bits per heavy atom. The monoisotopic (exact) mass is 288 g/mol. The number of hydrogen-bond donors (Lipinski definition) is 1. The summed E-state index contributed by atoms with van der Waals surface area (Å²) < 4.78 is 0. The minimum Gasteiger partial charge on any atom is -0.324 e. The van der Waals surface area contributed by atoms with E-state index in [0.717, 1.165) is 19.6 Å². The van der Waals surface area contributed by atoms with Crippen molar-refractivity contribution in [2.45, 2.75) is 20.3 Å². The average Bonchev–Trinajstić information content (AvgIpc) is 2.35. The summed E-state index contributed by atoms with van der Waals surface area (Å²) in [6.07, 6.45) is 0.434. The number of nitrogens with zero attached hydrogens (tertiary/aromatic N) is 1. The molecule has 0 aliphatic heterocycles. The topological polar surface area (TPSA) is 32.3 Å². The fourth-order valence-corrected chi connectivity index (χ4v) is 2.11. The zero-order valence-corrected chi connectivity index (χ0v) is 12.2. The minimum atomic E-state index is -0.0723. The number of amides is 1. The number of carbonyl (C=O) groups excluding carboxylic acids is 1. The minimum absolute atomic E-state index is 0.0723. The first kappa shape index (κ1) is 15.3. The zero-order chi connectivity index (χ0) is 13.5. The van der Waals surface area contributed by atoms with Crippen molar-refractivity contribution >= 4 is 34.8 Å². The normalized spacial score (nSPS) is 10.7. The van der Waals surface area contributed by atoms with E-state index in [1.165, 1.54) is 0 Å². The molecule has 0 saturated carbocycles. The number of nitrogens with one attached hydrogen (secondary N) is 1. The molecule has 0 saturated heterocycles. The molecule has 0 spiro atoms. The number of anilines is 1. The van der Waals surface area contributed by atoms with E-state index in [1.807, 2.05) is 0 Å². The number of carbonyl (C=O) groups is 1. The van der Waals surface area contributed by atoms with Gasteiger partial charge in [0.25, 0.3) is 0 Å². The Labute approximate surface area is 118 Å². The van der Waals surface area contributed by atoms with Gasteiger partial charge < -0.3 is 10.2 Å². The van der Waals surface area contributed by atoms with E-state index in [9.17, 15) is 4.79 Å². The number of para-hydroxylation sites is 1.